The minimum Gasteiger partial charge on any atom is -0.480 e. The van der Waals surface area contributed by atoms with Gasteiger partial charge in [-0.3, -0.25) is 19.7 Å². The van der Waals surface area contributed by atoms with Crippen LogP contribution >= 0.6 is 0 Å². The molecule has 12 heteroatoms. The molecule has 0 aliphatic rings. The van der Waals surface area contributed by atoms with Gasteiger partial charge in [0.15, 0.2) is 0 Å². The number of nitro benzene ring substituents is 1. The Morgan fingerprint density at radius 2 is 0.985 bits per heavy atom. The van der Waals surface area contributed by atoms with Crippen LogP contribution in [0.15, 0.2) is 146 Å². The van der Waals surface area contributed by atoms with Crippen LogP contribution in [0.4, 0.5) is 5.69 Å². The summed E-state index contributed by atoms with van der Waals surface area (Å²) in [6.07, 6.45) is 0.368. The fourth-order valence-electron chi connectivity index (χ4n) is 8.54. The Morgan fingerprint density at radius 1 is 0.545 bits per heavy atom. The van der Waals surface area contributed by atoms with E-state index in [0.29, 0.717) is 22.9 Å². The predicted octanol–water partition coefficient (Wildman–Crippen LogP) is 10.3. The fraction of sp³-hybridized carbons (Fsp3) is 0.185. The average Bonchev–Trinajstić information content (AvgIpc) is 3.85. The molecule has 2 atom stereocenters. The molecule has 0 amide bonds. The van der Waals surface area contributed by atoms with Gasteiger partial charge in [-0.05, 0) is 94.9 Å². The molecule has 0 fully saturated rings. The Morgan fingerprint density at radius 3 is 1.50 bits per heavy atom. The van der Waals surface area contributed by atoms with Gasteiger partial charge in [0, 0.05) is 73.6 Å². The van der Waals surface area contributed by atoms with Crippen molar-refractivity contribution in [2.24, 2.45) is 32.6 Å². The highest BCUT2D eigenvalue weighted by atomic mass is 16.6. The van der Waals surface area contributed by atoms with E-state index >= 15 is 0 Å². The number of hydrogen-bond acceptors (Lipinski definition) is 6. The van der Waals surface area contributed by atoms with Crippen molar-refractivity contribution in [3.05, 3.63) is 184 Å². The molecule has 0 spiro atoms. The van der Waals surface area contributed by atoms with Crippen molar-refractivity contribution in [3.8, 4) is 33.4 Å². The fourth-order valence-corrected chi connectivity index (χ4v) is 8.54. The molecule has 0 aliphatic carbocycles. The summed E-state index contributed by atoms with van der Waals surface area (Å²) in [6.45, 7) is 5.96. The number of aliphatic carboxylic acids is 2. The Labute approximate surface area is 383 Å². The highest BCUT2D eigenvalue weighted by Gasteiger charge is 2.26. The van der Waals surface area contributed by atoms with E-state index in [9.17, 15) is 19.7 Å². The Balaban J connectivity index is 0.000000150. The monoisotopic (exact) mass is 882 g/mol. The van der Waals surface area contributed by atoms with Gasteiger partial charge in [-0.2, -0.15) is 0 Å². The van der Waals surface area contributed by atoms with Crippen LogP contribution in [0.2, 0.25) is 0 Å². The number of benzene rings is 6. The van der Waals surface area contributed by atoms with Crippen LogP contribution in [0.5, 0.6) is 0 Å². The van der Waals surface area contributed by atoms with E-state index in [-0.39, 0.29) is 12.1 Å². The first-order valence-corrected chi connectivity index (χ1v) is 21.6. The summed E-state index contributed by atoms with van der Waals surface area (Å²) >= 11 is 0. The number of rotatable bonds is 10. The van der Waals surface area contributed by atoms with E-state index < -0.39 is 28.9 Å². The summed E-state index contributed by atoms with van der Waals surface area (Å²) in [5.41, 5.74) is 25.6. The van der Waals surface area contributed by atoms with Gasteiger partial charge in [0.2, 0.25) is 0 Å². The molecule has 0 saturated carbocycles. The van der Waals surface area contributed by atoms with Crippen LogP contribution in [0.1, 0.15) is 28.2 Å². The van der Waals surface area contributed by atoms with Crippen LogP contribution in [-0.2, 0) is 43.6 Å². The molecule has 0 aliphatic heterocycles. The van der Waals surface area contributed by atoms with Gasteiger partial charge in [-0.15, -0.1) is 0 Å². The van der Waals surface area contributed by atoms with Crippen LogP contribution in [0, 0.1) is 30.9 Å². The van der Waals surface area contributed by atoms with Gasteiger partial charge in [-0.1, -0.05) is 115 Å². The lowest BCUT2D eigenvalue weighted by Crippen LogP contribution is -2.32. The third-order valence-electron chi connectivity index (χ3n) is 12.6. The Hall–Kier alpha value is -7.80. The number of carboxylic acid groups (broad SMARTS) is 2. The number of hydrogen-bond donors (Lipinski definition) is 4. The van der Waals surface area contributed by atoms with Crippen LogP contribution in [0.3, 0.4) is 0 Å². The molecule has 0 saturated heterocycles. The number of fused-ring (bicyclic) bond motifs is 3. The second kappa shape index (κ2) is 19.5. The first-order chi connectivity index (χ1) is 31.5. The molecule has 66 heavy (non-hydrogen) atoms. The molecule has 12 nitrogen and oxygen atoms in total. The zero-order valence-electron chi connectivity index (χ0n) is 37.9. The second-order valence-corrected chi connectivity index (χ2v) is 16.6. The molecular formula is C54H54N6O6. The van der Waals surface area contributed by atoms with E-state index in [1.807, 2.05) is 87.1 Å². The number of aryl methyl sites for hydroxylation is 4. The number of nitrogens with two attached hydrogens (primary N) is 2. The van der Waals surface area contributed by atoms with Crippen molar-refractivity contribution in [1.29, 1.82) is 0 Å². The van der Waals surface area contributed by atoms with E-state index in [2.05, 4.69) is 108 Å². The van der Waals surface area contributed by atoms with E-state index in [1.54, 1.807) is 0 Å². The van der Waals surface area contributed by atoms with Gasteiger partial charge in [0.25, 0.3) is 5.69 Å². The summed E-state index contributed by atoms with van der Waals surface area (Å²) in [6, 6.07) is 46.7. The van der Waals surface area contributed by atoms with Crippen LogP contribution < -0.4 is 11.5 Å². The maximum Gasteiger partial charge on any atom is 0.320 e. The highest BCUT2D eigenvalue weighted by Crippen LogP contribution is 2.38. The van der Waals surface area contributed by atoms with Crippen LogP contribution in [0.25, 0.3) is 66.1 Å². The maximum atomic E-state index is 11.7. The van der Waals surface area contributed by atoms with E-state index in [4.69, 9.17) is 21.7 Å². The summed E-state index contributed by atoms with van der Waals surface area (Å²) in [5, 5.41) is 32.8. The highest BCUT2D eigenvalue weighted by molar-refractivity contribution is 5.98. The Kier molecular flexibility index (Phi) is 13.7. The molecule has 336 valence electrons. The quantitative estimate of drug-likeness (QED) is 0.0772. The second-order valence-electron chi connectivity index (χ2n) is 16.6. The number of aromatic nitrogens is 3. The summed E-state index contributed by atoms with van der Waals surface area (Å²) in [7, 11) is 5.93. The maximum absolute atomic E-state index is 11.7. The Bertz CT molecular complexity index is 3220. The minimum atomic E-state index is -1.13. The summed E-state index contributed by atoms with van der Waals surface area (Å²) in [4.78, 5) is 33.5. The van der Waals surface area contributed by atoms with Gasteiger partial charge in [-0.25, -0.2) is 0 Å². The number of carbonyl (C=O) groups is 2. The lowest BCUT2D eigenvalue weighted by molar-refractivity contribution is -0.383. The molecule has 0 radical (unpaired) electrons. The molecule has 9 rings (SSSR count). The minimum absolute atomic E-state index is 0.0318. The molecule has 9 aromatic rings. The molecule has 3 aromatic heterocycles. The van der Waals surface area contributed by atoms with E-state index in [1.165, 1.54) is 33.8 Å². The first kappa shape index (κ1) is 46.2. The summed E-state index contributed by atoms with van der Waals surface area (Å²) < 4.78 is 6.19. The smallest absolute Gasteiger partial charge is 0.320 e. The van der Waals surface area contributed by atoms with Gasteiger partial charge in [0.05, 0.1) is 15.8 Å². The lowest BCUT2D eigenvalue weighted by atomic mass is 9.98. The zero-order valence-corrected chi connectivity index (χ0v) is 37.9. The average molecular weight is 883 g/mol. The number of nitro groups is 1. The van der Waals surface area contributed by atoms with Crippen LogP contribution in [-0.4, -0.2) is 52.9 Å². The first-order valence-electron chi connectivity index (χ1n) is 21.6. The molecule has 6 aromatic carbocycles. The van der Waals surface area contributed by atoms with Crippen molar-refractivity contribution in [1.82, 2.24) is 13.7 Å². The topological polar surface area (TPSA) is 185 Å². The normalized spacial score (nSPS) is 12.0. The van der Waals surface area contributed by atoms with Crippen molar-refractivity contribution in [2.45, 2.75) is 45.7 Å². The van der Waals surface area contributed by atoms with Crippen molar-refractivity contribution >= 4 is 50.3 Å². The molecule has 2 unspecified atom stereocenters. The molecule has 3 heterocycles. The molecular weight excluding hydrogens is 829 g/mol. The van der Waals surface area contributed by atoms with Crippen molar-refractivity contribution in [2.75, 3.05) is 0 Å². The van der Waals surface area contributed by atoms with Crippen molar-refractivity contribution in [3.63, 3.8) is 0 Å². The summed E-state index contributed by atoms with van der Waals surface area (Å²) in [5.74, 6) is -2.10. The third kappa shape index (κ3) is 9.51. The van der Waals surface area contributed by atoms with Gasteiger partial charge < -0.3 is 35.4 Å². The number of nitrogens with zero attached hydrogens (tertiary/aromatic N) is 4. The standard InChI is InChI=1S/C19H19N3O4.C19H20N2O2.C16H15N/c1-11-14(10-15(20)19(23)24)18-16(21(11)2)8-13(9-17(18)22(25)26)12-6-4-3-5-7-12;1-12-16(11-17(20)19(22)23)15-9-8-14(10-18(15)21(12)2)13-6-4-3-5-7-13;1-12-10-15-9-8-14(11-16(15)17(12)2)13-6-4-3-5-7-13/h3-9,15H,10,20H2,1-2H3,(H,23,24);3-10,17H,11,20H2,1-2H3,(H,22,23);3-11H,1-2H3. The molecule has 0 bridgehead atoms. The number of non-ortho nitro benzene ring substituents is 1. The third-order valence-corrected chi connectivity index (χ3v) is 12.6. The van der Waals surface area contributed by atoms with E-state index in [0.717, 1.165) is 50.1 Å². The predicted molar refractivity (Wildman–Crippen MR) is 265 cm³/mol. The zero-order chi connectivity index (χ0) is 47.4. The largest absolute Gasteiger partial charge is 0.480 e. The lowest BCUT2D eigenvalue weighted by Gasteiger charge is -2.08. The van der Waals surface area contributed by atoms with Gasteiger partial charge >= 0.3 is 11.9 Å². The molecule has 6 N–H and O–H groups in total. The van der Waals surface area contributed by atoms with Crippen molar-refractivity contribution < 1.29 is 24.7 Å². The number of carboxylic acids is 2. The van der Waals surface area contributed by atoms with Gasteiger partial charge in [0.1, 0.15) is 12.1 Å². The SMILES string of the molecule is Cc1c(CC(N)C(=O)O)c2c([N+](=O)[O-])cc(-c3ccccc3)cc2n1C.Cc1c(CC(N)C(=O)O)c2ccc(-c3ccccc3)cc2n1C.Cc1cc2ccc(-c3ccccc3)cc2n1C.